The lowest BCUT2D eigenvalue weighted by molar-refractivity contribution is 0.161. The number of nitrogens with zero attached hydrogens (tertiary/aromatic N) is 3. The molecule has 1 aliphatic rings. The van der Waals surface area contributed by atoms with E-state index < -0.39 is 11.9 Å². The molecule has 2 aromatic rings. The van der Waals surface area contributed by atoms with E-state index in [1.807, 2.05) is 19.9 Å². The number of ether oxygens (including phenoxy) is 1. The minimum Gasteiger partial charge on any atom is -0.449 e. The van der Waals surface area contributed by atoms with E-state index in [1.165, 1.54) is 6.07 Å². The SMILES string of the molecule is C=C/C=C(\C=NC)c1nn(-c2ccc(NC(=O)OCCC)cc2F)c2c1CCC(N)=C2SCC. The molecule has 180 valence electrons. The van der Waals surface area contributed by atoms with Gasteiger partial charge >= 0.3 is 6.09 Å². The Bertz CT molecular complexity index is 1170. The topological polar surface area (TPSA) is 94.5 Å². The van der Waals surface area contributed by atoms with Gasteiger partial charge in [-0.2, -0.15) is 5.10 Å². The molecule has 1 aromatic heterocycles. The summed E-state index contributed by atoms with van der Waals surface area (Å²) in [4.78, 5) is 16.9. The van der Waals surface area contributed by atoms with E-state index >= 15 is 4.39 Å². The minimum atomic E-state index is -0.622. The smallest absolute Gasteiger partial charge is 0.411 e. The van der Waals surface area contributed by atoms with Crippen molar-refractivity contribution in [1.29, 1.82) is 0 Å². The third-order valence-electron chi connectivity index (χ3n) is 5.12. The molecule has 0 fully saturated rings. The average Bonchev–Trinajstić information content (AvgIpc) is 3.19. The van der Waals surface area contributed by atoms with Gasteiger partial charge in [-0.05, 0) is 43.2 Å². The highest BCUT2D eigenvalue weighted by Gasteiger charge is 2.29. The number of anilines is 1. The zero-order valence-electron chi connectivity index (χ0n) is 19.7. The predicted octanol–water partition coefficient (Wildman–Crippen LogP) is 5.57. The number of hydrogen-bond acceptors (Lipinski definition) is 6. The summed E-state index contributed by atoms with van der Waals surface area (Å²) < 4.78 is 22.0. The first-order valence-corrected chi connectivity index (χ1v) is 12.2. The van der Waals surface area contributed by atoms with Gasteiger partial charge in [0.15, 0.2) is 5.82 Å². The number of nitrogens with one attached hydrogen (secondary N) is 1. The largest absolute Gasteiger partial charge is 0.449 e. The van der Waals surface area contributed by atoms with Crippen LogP contribution in [0, 0.1) is 5.82 Å². The predicted molar refractivity (Wildman–Crippen MR) is 139 cm³/mol. The van der Waals surface area contributed by atoms with Crippen molar-refractivity contribution in [1.82, 2.24) is 9.78 Å². The van der Waals surface area contributed by atoms with E-state index in [-0.39, 0.29) is 5.69 Å². The van der Waals surface area contributed by atoms with E-state index in [0.29, 0.717) is 37.3 Å². The number of carbonyl (C=O) groups excluding carboxylic acids is 1. The third kappa shape index (κ3) is 5.41. The van der Waals surface area contributed by atoms with Crippen LogP contribution in [0.15, 0.2) is 47.6 Å². The first-order valence-electron chi connectivity index (χ1n) is 11.2. The molecule has 1 aromatic carbocycles. The Morgan fingerprint density at radius 2 is 2.21 bits per heavy atom. The van der Waals surface area contributed by atoms with E-state index in [0.717, 1.165) is 33.2 Å². The van der Waals surface area contributed by atoms with E-state index in [4.69, 9.17) is 15.6 Å². The Hall–Kier alpha value is -3.33. The van der Waals surface area contributed by atoms with Crippen LogP contribution in [0.2, 0.25) is 0 Å². The van der Waals surface area contributed by atoms with Crippen LogP contribution in [0.5, 0.6) is 0 Å². The Labute approximate surface area is 203 Å². The molecule has 0 radical (unpaired) electrons. The number of hydrogen-bond donors (Lipinski definition) is 2. The third-order valence-corrected chi connectivity index (χ3v) is 6.15. The number of nitrogens with two attached hydrogens (primary N) is 1. The normalized spacial score (nSPS) is 13.8. The molecule has 1 aliphatic carbocycles. The maximum Gasteiger partial charge on any atom is 0.411 e. The number of amides is 1. The van der Waals surface area contributed by atoms with Crippen molar-refractivity contribution < 1.29 is 13.9 Å². The van der Waals surface area contributed by atoms with Gasteiger partial charge in [-0.15, -0.1) is 11.8 Å². The van der Waals surface area contributed by atoms with Crippen LogP contribution in [0.1, 0.15) is 43.6 Å². The van der Waals surface area contributed by atoms with Crippen LogP contribution >= 0.6 is 11.8 Å². The summed E-state index contributed by atoms with van der Waals surface area (Å²) in [6.07, 6.45) is 6.69. The standard InChI is InChI=1S/C25H30FN5O2S/c1-5-8-16(15-28-4)22-18-10-11-20(27)24(34-7-3)23(18)31(30-22)21-12-9-17(14-19(21)26)29-25(32)33-13-6-2/h5,8-9,12,14-15H,1,6-7,10-11,13,27H2,2-4H3,(H,29,32)/b16-8+,28-15?. The fourth-order valence-corrected chi connectivity index (χ4v) is 4.63. The molecule has 1 amide bonds. The molecule has 0 bridgehead atoms. The maximum atomic E-state index is 15.4. The number of aliphatic imine (C=N–C) groups is 1. The molecule has 0 spiro atoms. The van der Waals surface area contributed by atoms with Crippen LogP contribution in [-0.2, 0) is 11.2 Å². The second-order valence-corrected chi connectivity index (χ2v) is 8.82. The molecule has 7 nitrogen and oxygen atoms in total. The van der Waals surface area contributed by atoms with Crippen molar-refractivity contribution in [3.8, 4) is 5.69 Å². The lowest BCUT2D eigenvalue weighted by Gasteiger charge is -2.20. The minimum absolute atomic E-state index is 0.255. The molecule has 34 heavy (non-hydrogen) atoms. The summed E-state index contributed by atoms with van der Waals surface area (Å²) in [6, 6.07) is 4.47. The monoisotopic (exact) mass is 483 g/mol. The van der Waals surface area contributed by atoms with Gasteiger partial charge in [-0.25, -0.2) is 13.9 Å². The lowest BCUT2D eigenvalue weighted by atomic mass is 9.96. The molecular weight excluding hydrogens is 453 g/mol. The quantitative estimate of drug-likeness (QED) is 0.359. The van der Waals surface area contributed by atoms with Gasteiger partial charge in [0.25, 0.3) is 0 Å². The maximum absolute atomic E-state index is 15.4. The molecule has 0 unspecified atom stereocenters. The van der Waals surface area contributed by atoms with Crippen LogP contribution in [-0.4, -0.2) is 41.5 Å². The van der Waals surface area contributed by atoms with Gasteiger partial charge in [-0.1, -0.05) is 32.6 Å². The number of carbonyl (C=O) groups is 1. The van der Waals surface area contributed by atoms with Crippen LogP contribution in [0.4, 0.5) is 14.9 Å². The van der Waals surface area contributed by atoms with Crippen LogP contribution in [0.3, 0.4) is 0 Å². The Morgan fingerprint density at radius 1 is 1.41 bits per heavy atom. The Morgan fingerprint density at radius 3 is 2.85 bits per heavy atom. The van der Waals surface area contributed by atoms with Gasteiger partial charge in [0.05, 0.1) is 22.9 Å². The van der Waals surface area contributed by atoms with Crippen molar-refractivity contribution in [2.24, 2.45) is 10.7 Å². The molecule has 0 saturated carbocycles. The Balaban J connectivity index is 2.14. The van der Waals surface area contributed by atoms with E-state index in [9.17, 15) is 4.79 Å². The second-order valence-electron chi connectivity index (χ2n) is 7.55. The van der Waals surface area contributed by atoms with Crippen LogP contribution in [0.25, 0.3) is 16.2 Å². The highest BCUT2D eigenvalue weighted by molar-refractivity contribution is 8.08. The highest BCUT2D eigenvalue weighted by Crippen LogP contribution is 2.41. The molecular formula is C25H30FN5O2S. The van der Waals surface area contributed by atoms with Gasteiger partial charge in [0.1, 0.15) is 5.69 Å². The van der Waals surface area contributed by atoms with Crippen molar-refractivity contribution in [3.05, 3.63) is 65.4 Å². The number of benzene rings is 1. The molecule has 9 heteroatoms. The van der Waals surface area contributed by atoms with E-state index in [1.54, 1.807) is 47.9 Å². The van der Waals surface area contributed by atoms with Crippen molar-refractivity contribution >= 4 is 40.2 Å². The molecule has 1 heterocycles. The average molecular weight is 484 g/mol. The zero-order valence-corrected chi connectivity index (χ0v) is 20.5. The molecule has 0 atom stereocenters. The first kappa shape index (κ1) is 25.3. The fourth-order valence-electron chi connectivity index (χ4n) is 3.71. The van der Waals surface area contributed by atoms with Gasteiger partial charge in [0, 0.05) is 35.8 Å². The zero-order chi connectivity index (χ0) is 24.7. The number of thioether (sulfide) groups is 1. The molecule has 3 rings (SSSR count). The summed E-state index contributed by atoms with van der Waals surface area (Å²) in [5, 5.41) is 7.36. The van der Waals surface area contributed by atoms with Gasteiger partial charge < -0.3 is 10.5 Å². The molecule has 0 aliphatic heterocycles. The fraction of sp³-hybridized carbons (Fsp3) is 0.320. The van der Waals surface area contributed by atoms with Gasteiger partial charge in [0.2, 0.25) is 0 Å². The number of aromatic nitrogens is 2. The molecule has 3 N–H and O–H groups in total. The number of fused-ring (bicyclic) bond motifs is 1. The lowest BCUT2D eigenvalue weighted by Crippen LogP contribution is -2.15. The van der Waals surface area contributed by atoms with E-state index in [2.05, 4.69) is 16.9 Å². The summed E-state index contributed by atoms with van der Waals surface area (Å²) >= 11 is 1.61. The second kappa shape index (κ2) is 11.7. The summed E-state index contributed by atoms with van der Waals surface area (Å²) in [7, 11) is 1.69. The Kier molecular flexibility index (Phi) is 8.70. The van der Waals surface area contributed by atoms with Gasteiger partial charge in [-0.3, -0.25) is 10.3 Å². The van der Waals surface area contributed by atoms with Crippen molar-refractivity contribution in [3.63, 3.8) is 0 Å². The summed E-state index contributed by atoms with van der Waals surface area (Å²) in [5.74, 6) is 0.279. The first-order chi connectivity index (χ1) is 16.4. The van der Waals surface area contributed by atoms with Crippen LogP contribution < -0.4 is 11.1 Å². The summed E-state index contributed by atoms with van der Waals surface area (Å²) in [6.45, 7) is 8.04. The highest BCUT2D eigenvalue weighted by atomic mass is 32.2. The number of allylic oxidation sites excluding steroid dienone is 4. The van der Waals surface area contributed by atoms with Crippen molar-refractivity contribution in [2.75, 3.05) is 24.7 Å². The number of halogens is 1. The number of rotatable bonds is 9. The summed E-state index contributed by atoms with van der Waals surface area (Å²) in [5.41, 5.74) is 11.0. The molecule has 0 saturated heterocycles. The van der Waals surface area contributed by atoms with Crippen molar-refractivity contribution in [2.45, 2.75) is 33.1 Å².